The van der Waals surface area contributed by atoms with Crippen molar-refractivity contribution < 1.29 is 12.8 Å². The van der Waals surface area contributed by atoms with Gasteiger partial charge in [0.1, 0.15) is 4.90 Å². The Morgan fingerprint density at radius 1 is 1.19 bits per heavy atom. The van der Waals surface area contributed by atoms with Gasteiger partial charge in [-0.1, -0.05) is 17.7 Å². The van der Waals surface area contributed by atoms with Crippen molar-refractivity contribution in [1.82, 2.24) is 15.2 Å². The lowest BCUT2D eigenvalue weighted by molar-refractivity contribution is 0.507. The maximum atomic E-state index is 13.2. The van der Waals surface area contributed by atoms with E-state index in [1.54, 1.807) is 39.0 Å². The highest BCUT2D eigenvalue weighted by molar-refractivity contribution is 7.93. The normalized spacial score (nSPS) is 14.5. The molecular formula is C18H19ClN4O3S. The molecule has 0 aliphatic heterocycles. The summed E-state index contributed by atoms with van der Waals surface area (Å²) >= 11 is 6.12. The Labute approximate surface area is 162 Å². The molecule has 1 aromatic carbocycles. The average Bonchev–Trinajstić information content (AvgIpc) is 3.25. The quantitative estimate of drug-likeness (QED) is 0.657. The molecule has 0 saturated heterocycles. The van der Waals surface area contributed by atoms with E-state index < -0.39 is 10.0 Å². The standard InChI is InChI=1S/C18H19ClN4O3S/c1-9-13(19)5-4-6-14(9)23-27(24,25)16-11(3)20-10(2)15(16)18-22-21-17(26-18)12-7-8-12/h4-6,12,20,23H,7-8H2,1-3H3. The lowest BCUT2D eigenvalue weighted by atomic mass is 10.2. The smallest absolute Gasteiger partial charge is 0.264 e. The molecule has 2 aromatic heterocycles. The molecule has 2 heterocycles. The largest absolute Gasteiger partial charge is 0.420 e. The highest BCUT2D eigenvalue weighted by Gasteiger charge is 2.33. The number of sulfonamides is 1. The molecule has 0 unspecified atom stereocenters. The van der Waals surface area contributed by atoms with Crippen molar-refractivity contribution in [3.8, 4) is 11.5 Å². The molecule has 0 atom stereocenters. The highest BCUT2D eigenvalue weighted by atomic mass is 35.5. The van der Waals surface area contributed by atoms with Gasteiger partial charge in [0.25, 0.3) is 15.9 Å². The van der Waals surface area contributed by atoms with Gasteiger partial charge in [0, 0.05) is 22.3 Å². The van der Waals surface area contributed by atoms with Gasteiger partial charge in [-0.3, -0.25) is 4.72 Å². The summed E-state index contributed by atoms with van der Waals surface area (Å²) in [6.45, 7) is 5.25. The van der Waals surface area contributed by atoms with E-state index >= 15 is 0 Å². The Bertz CT molecular complexity index is 1130. The van der Waals surface area contributed by atoms with Crippen LogP contribution in [0.15, 0.2) is 27.5 Å². The van der Waals surface area contributed by atoms with Gasteiger partial charge in [-0.15, -0.1) is 10.2 Å². The zero-order chi connectivity index (χ0) is 19.3. The van der Waals surface area contributed by atoms with E-state index in [-0.39, 0.29) is 10.8 Å². The van der Waals surface area contributed by atoms with Crippen molar-refractivity contribution in [2.75, 3.05) is 4.72 Å². The summed E-state index contributed by atoms with van der Waals surface area (Å²) < 4.78 is 34.8. The number of halogens is 1. The monoisotopic (exact) mass is 406 g/mol. The fourth-order valence-electron chi connectivity index (χ4n) is 3.10. The molecule has 2 N–H and O–H groups in total. The van der Waals surface area contributed by atoms with Gasteiger partial charge in [-0.2, -0.15) is 0 Å². The van der Waals surface area contributed by atoms with Crippen molar-refractivity contribution in [2.45, 2.75) is 44.4 Å². The number of aryl methyl sites for hydroxylation is 2. The van der Waals surface area contributed by atoms with Gasteiger partial charge in [-0.05, 0) is 51.3 Å². The SMILES string of the molecule is Cc1[nH]c(C)c(S(=O)(=O)Nc2cccc(Cl)c2C)c1-c1nnc(C2CC2)o1. The van der Waals surface area contributed by atoms with Gasteiger partial charge >= 0.3 is 0 Å². The van der Waals surface area contributed by atoms with Crippen LogP contribution in [-0.2, 0) is 10.0 Å². The Morgan fingerprint density at radius 2 is 1.93 bits per heavy atom. The summed E-state index contributed by atoms with van der Waals surface area (Å²) in [4.78, 5) is 3.18. The van der Waals surface area contributed by atoms with Crippen LogP contribution < -0.4 is 4.72 Å². The van der Waals surface area contributed by atoms with Gasteiger partial charge in [0.2, 0.25) is 5.89 Å². The summed E-state index contributed by atoms with van der Waals surface area (Å²) in [6.07, 6.45) is 2.04. The van der Waals surface area contributed by atoms with E-state index in [1.807, 2.05) is 0 Å². The molecule has 1 aliphatic rings. The summed E-state index contributed by atoms with van der Waals surface area (Å²) in [5, 5.41) is 8.65. The summed E-state index contributed by atoms with van der Waals surface area (Å²) in [5.41, 5.74) is 2.64. The first kappa shape index (κ1) is 18.1. The molecular weight excluding hydrogens is 388 g/mol. The number of anilines is 1. The molecule has 3 aromatic rings. The number of nitrogens with one attached hydrogen (secondary N) is 2. The van der Waals surface area contributed by atoms with Crippen LogP contribution in [0.3, 0.4) is 0 Å². The third kappa shape index (κ3) is 3.23. The molecule has 142 valence electrons. The average molecular weight is 407 g/mol. The van der Waals surface area contributed by atoms with E-state index in [1.165, 1.54) is 0 Å². The zero-order valence-corrected chi connectivity index (χ0v) is 16.7. The second kappa shape index (κ2) is 6.38. The fourth-order valence-corrected chi connectivity index (χ4v) is 4.85. The number of hydrogen-bond acceptors (Lipinski definition) is 5. The second-order valence-electron chi connectivity index (χ2n) is 6.82. The van der Waals surface area contributed by atoms with Crippen molar-refractivity contribution in [3.63, 3.8) is 0 Å². The predicted molar refractivity (Wildman–Crippen MR) is 103 cm³/mol. The van der Waals surface area contributed by atoms with E-state index in [0.717, 1.165) is 12.8 Å². The van der Waals surface area contributed by atoms with Crippen molar-refractivity contribution >= 4 is 27.3 Å². The Balaban J connectivity index is 1.79. The van der Waals surface area contributed by atoms with Crippen LogP contribution in [0, 0.1) is 20.8 Å². The number of hydrogen-bond donors (Lipinski definition) is 2. The van der Waals surface area contributed by atoms with E-state index in [0.29, 0.717) is 45.0 Å². The number of benzene rings is 1. The fraction of sp³-hybridized carbons (Fsp3) is 0.333. The number of nitrogens with zero attached hydrogens (tertiary/aromatic N) is 2. The molecule has 1 aliphatic carbocycles. The summed E-state index contributed by atoms with van der Waals surface area (Å²) in [7, 11) is -3.90. The summed E-state index contributed by atoms with van der Waals surface area (Å²) in [5.74, 6) is 1.06. The Kier molecular flexibility index (Phi) is 4.27. The number of aromatic amines is 1. The molecule has 7 nitrogen and oxygen atoms in total. The maximum absolute atomic E-state index is 13.2. The molecule has 9 heteroatoms. The third-order valence-electron chi connectivity index (χ3n) is 4.68. The van der Waals surface area contributed by atoms with E-state index in [2.05, 4.69) is 19.9 Å². The van der Waals surface area contributed by atoms with Gasteiger partial charge in [-0.25, -0.2) is 8.42 Å². The molecule has 1 fully saturated rings. The van der Waals surface area contributed by atoms with Crippen molar-refractivity contribution in [2.24, 2.45) is 0 Å². The van der Waals surface area contributed by atoms with Crippen LogP contribution in [0.4, 0.5) is 5.69 Å². The topological polar surface area (TPSA) is 101 Å². The van der Waals surface area contributed by atoms with Crippen molar-refractivity contribution in [1.29, 1.82) is 0 Å². The maximum Gasteiger partial charge on any atom is 0.264 e. The first-order valence-electron chi connectivity index (χ1n) is 8.59. The minimum Gasteiger partial charge on any atom is -0.420 e. The van der Waals surface area contributed by atoms with Gasteiger partial charge in [0.05, 0.1) is 11.3 Å². The summed E-state index contributed by atoms with van der Waals surface area (Å²) in [6, 6.07) is 5.08. The Morgan fingerprint density at radius 3 is 2.63 bits per heavy atom. The molecule has 0 spiro atoms. The minimum absolute atomic E-state index is 0.102. The molecule has 27 heavy (non-hydrogen) atoms. The van der Waals surface area contributed by atoms with E-state index in [4.69, 9.17) is 16.0 Å². The van der Waals surface area contributed by atoms with E-state index in [9.17, 15) is 8.42 Å². The molecule has 0 radical (unpaired) electrons. The first-order valence-corrected chi connectivity index (χ1v) is 10.4. The number of rotatable bonds is 5. The van der Waals surface area contributed by atoms with Crippen LogP contribution in [0.25, 0.3) is 11.5 Å². The van der Waals surface area contributed by atoms with Crippen molar-refractivity contribution in [3.05, 3.63) is 46.1 Å². The van der Waals surface area contributed by atoms with Gasteiger partial charge < -0.3 is 9.40 Å². The lowest BCUT2D eigenvalue weighted by Crippen LogP contribution is -2.15. The number of aromatic nitrogens is 3. The van der Waals surface area contributed by atoms with Crippen LogP contribution in [0.5, 0.6) is 0 Å². The van der Waals surface area contributed by atoms with Crippen LogP contribution in [-0.4, -0.2) is 23.6 Å². The van der Waals surface area contributed by atoms with Crippen LogP contribution in [0.2, 0.25) is 5.02 Å². The first-order chi connectivity index (χ1) is 12.8. The molecule has 1 saturated carbocycles. The van der Waals surface area contributed by atoms with Crippen LogP contribution in [0.1, 0.15) is 41.6 Å². The third-order valence-corrected chi connectivity index (χ3v) is 6.63. The lowest BCUT2D eigenvalue weighted by Gasteiger charge is -2.12. The minimum atomic E-state index is -3.90. The molecule has 4 rings (SSSR count). The molecule has 0 bridgehead atoms. The predicted octanol–water partition coefficient (Wildman–Crippen LogP) is 4.32. The zero-order valence-electron chi connectivity index (χ0n) is 15.1. The number of H-pyrrole nitrogens is 1. The second-order valence-corrected chi connectivity index (χ2v) is 8.84. The van der Waals surface area contributed by atoms with Crippen LogP contribution >= 0.6 is 11.6 Å². The highest BCUT2D eigenvalue weighted by Crippen LogP contribution is 2.41. The van der Waals surface area contributed by atoms with Gasteiger partial charge in [0.15, 0.2) is 0 Å². The molecule has 0 amide bonds. The Hall–Kier alpha value is -2.32.